The van der Waals surface area contributed by atoms with Crippen molar-refractivity contribution in [1.29, 1.82) is 0 Å². The Morgan fingerprint density at radius 3 is 2.56 bits per heavy atom. The molecule has 1 atom stereocenters. The number of carbonyl (C=O) groups is 1. The molecule has 32 heavy (non-hydrogen) atoms. The van der Waals surface area contributed by atoms with E-state index in [4.69, 9.17) is 27.9 Å². The van der Waals surface area contributed by atoms with Crippen LogP contribution in [0.2, 0.25) is 10.2 Å². The summed E-state index contributed by atoms with van der Waals surface area (Å²) in [4.78, 5) is 16.6. The Morgan fingerprint density at radius 1 is 1.25 bits per heavy atom. The molecule has 1 aliphatic rings. The van der Waals surface area contributed by atoms with E-state index in [0.717, 1.165) is 11.0 Å². The first-order valence-electron chi connectivity index (χ1n) is 9.29. The van der Waals surface area contributed by atoms with E-state index in [9.17, 15) is 18.0 Å². The Kier molecular flexibility index (Phi) is 5.63. The first-order chi connectivity index (χ1) is 15.1. The number of anilines is 1. The molecule has 3 heterocycles. The van der Waals surface area contributed by atoms with Crippen molar-refractivity contribution in [3.05, 3.63) is 63.3 Å². The molecule has 0 saturated carbocycles. The Labute approximate surface area is 189 Å². The molecule has 4 rings (SSSR count). The minimum Gasteiger partial charge on any atom is -0.463 e. The third-order valence-corrected chi connectivity index (χ3v) is 5.38. The van der Waals surface area contributed by atoms with Gasteiger partial charge in [-0.2, -0.15) is 28.4 Å². The van der Waals surface area contributed by atoms with Gasteiger partial charge in [0.2, 0.25) is 5.95 Å². The second-order valence-corrected chi connectivity index (χ2v) is 7.54. The SMILES string of the molecule is CCOC(=O)C1=C(C(F)(F)F)Nc2ncnn2[C@@H]1c1c(C)nn(-c2ccc(Cl)cc2)c1Cl. The van der Waals surface area contributed by atoms with Gasteiger partial charge in [0, 0.05) is 10.6 Å². The molecule has 0 spiro atoms. The van der Waals surface area contributed by atoms with Crippen molar-refractivity contribution in [3.8, 4) is 5.69 Å². The van der Waals surface area contributed by atoms with E-state index in [2.05, 4.69) is 20.5 Å². The lowest BCUT2D eigenvalue weighted by Crippen LogP contribution is -2.36. The van der Waals surface area contributed by atoms with Gasteiger partial charge in [-0.25, -0.2) is 14.2 Å². The Bertz CT molecular complexity index is 1220. The van der Waals surface area contributed by atoms with E-state index in [1.54, 1.807) is 31.2 Å². The molecule has 0 unspecified atom stereocenters. The number of alkyl halides is 3. The van der Waals surface area contributed by atoms with Crippen molar-refractivity contribution in [2.24, 2.45) is 0 Å². The quantitative estimate of drug-likeness (QED) is 0.547. The summed E-state index contributed by atoms with van der Waals surface area (Å²) in [5.74, 6) is -1.36. The van der Waals surface area contributed by atoms with Gasteiger partial charge in [-0.05, 0) is 38.1 Å². The van der Waals surface area contributed by atoms with Gasteiger partial charge in [0.15, 0.2) is 0 Å². The van der Waals surface area contributed by atoms with E-state index in [1.165, 1.54) is 11.6 Å². The zero-order valence-electron chi connectivity index (χ0n) is 16.6. The molecular weight excluding hydrogens is 472 g/mol. The highest BCUT2D eigenvalue weighted by Gasteiger charge is 2.48. The Morgan fingerprint density at radius 2 is 1.94 bits per heavy atom. The predicted molar refractivity (Wildman–Crippen MR) is 110 cm³/mol. The second kappa shape index (κ2) is 8.14. The number of fused-ring (bicyclic) bond motifs is 1. The lowest BCUT2D eigenvalue weighted by atomic mass is 9.95. The van der Waals surface area contributed by atoms with Crippen LogP contribution in [-0.4, -0.2) is 43.3 Å². The molecular formula is C19H15Cl2F3N6O2. The van der Waals surface area contributed by atoms with Crippen molar-refractivity contribution in [2.45, 2.75) is 26.1 Å². The van der Waals surface area contributed by atoms with Crippen molar-refractivity contribution < 1.29 is 22.7 Å². The number of ether oxygens (including phenoxy) is 1. The topological polar surface area (TPSA) is 86.9 Å². The van der Waals surface area contributed by atoms with Crippen LogP contribution >= 0.6 is 23.2 Å². The minimum atomic E-state index is -4.90. The number of hydrogen-bond acceptors (Lipinski definition) is 6. The molecule has 1 aliphatic heterocycles. The van der Waals surface area contributed by atoms with Crippen LogP contribution in [0.4, 0.5) is 19.1 Å². The molecule has 0 amide bonds. The van der Waals surface area contributed by atoms with E-state index in [0.29, 0.717) is 16.4 Å². The van der Waals surface area contributed by atoms with Crippen molar-refractivity contribution in [2.75, 3.05) is 11.9 Å². The fraction of sp³-hybridized carbons (Fsp3) is 0.263. The van der Waals surface area contributed by atoms with Gasteiger partial charge in [-0.3, -0.25) is 0 Å². The molecule has 2 aromatic heterocycles. The van der Waals surface area contributed by atoms with Crippen LogP contribution in [0.15, 0.2) is 41.9 Å². The molecule has 1 aromatic carbocycles. The molecule has 13 heteroatoms. The number of nitrogens with one attached hydrogen (secondary N) is 1. The summed E-state index contributed by atoms with van der Waals surface area (Å²) >= 11 is 12.5. The number of hydrogen-bond donors (Lipinski definition) is 1. The van der Waals surface area contributed by atoms with Crippen LogP contribution in [0, 0.1) is 6.92 Å². The highest BCUT2D eigenvalue weighted by Crippen LogP contribution is 2.44. The molecule has 3 aromatic rings. The average Bonchev–Trinajstić information content (AvgIpc) is 3.31. The monoisotopic (exact) mass is 486 g/mol. The van der Waals surface area contributed by atoms with Gasteiger partial charge < -0.3 is 10.1 Å². The van der Waals surface area contributed by atoms with Crippen molar-refractivity contribution in [1.82, 2.24) is 24.5 Å². The smallest absolute Gasteiger partial charge is 0.431 e. The zero-order valence-corrected chi connectivity index (χ0v) is 18.1. The van der Waals surface area contributed by atoms with Crippen LogP contribution in [0.1, 0.15) is 24.2 Å². The number of rotatable bonds is 4. The Hall–Kier alpha value is -3.05. The van der Waals surface area contributed by atoms with E-state index in [1.807, 2.05) is 0 Å². The summed E-state index contributed by atoms with van der Waals surface area (Å²) in [6.07, 6.45) is -3.83. The number of nitrogens with zero attached hydrogens (tertiary/aromatic N) is 5. The van der Waals surface area contributed by atoms with Gasteiger partial charge in [-0.15, -0.1) is 0 Å². The first kappa shape index (κ1) is 22.2. The zero-order chi connectivity index (χ0) is 23.2. The lowest BCUT2D eigenvalue weighted by molar-refractivity contribution is -0.140. The number of aryl methyl sites for hydroxylation is 1. The summed E-state index contributed by atoms with van der Waals surface area (Å²) < 4.78 is 49.3. The van der Waals surface area contributed by atoms with E-state index < -0.39 is 29.5 Å². The van der Waals surface area contributed by atoms with Crippen LogP contribution in [-0.2, 0) is 9.53 Å². The van der Waals surface area contributed by atoms with Crippen LogP contribution in [0.3, 0.4) is 0 Å². The number of carbonyl (C=O) groups excluding carboxylic acids is 1. The average molecular weight is 487 g/mol. The van der Waals surface area contributed by atoms with Gasteiger partial charge in [0.25, 0.3) is 0 Å². The molecule has 0 aliphatic carbocycles. The summed E-state index contributed by atoms with van der Waals surface area (Å²) in [7, 11) is 0. The molecule has 0 bridgehead atoms. The maximum Gasteiger partial charge on any atom is 0.431 e. The molecule has 8 nitrogen and oxygen atoms in total. The lowest BCUT2D eigenvalue weighted by Gasteiger charge is -2.29. The molecule has 0 saturated heterocycles. The summed E-state index contributed by atoms with van der Waals surface area (Å²) in [5.41, 5.74) is -1.02. The molecule has 168 valence electrons. The standard InChI is InChI=1S/C19H15Cl2F3N6O2/c1-3-32-17(31)13-14(30-18(25-8-26-30)27-15(13)19(22,23)24)12-9(2)28-29(16(12)21)11-6-4-10(20)5-7-11/h4-8,14H,3H2,1-2H3,(H,25,26,27)/t14-/m1/s1. The number of benzene rings is 1. The number of aromatic nitrogens is 5. The van der Waals surface area contributed by atoms with Crippen LogP contribution in [0.25, 0.3) is 5.69 Å². The molecule has 1 N–H and O–H groups in total. The maximum atomic E-state index is 13.9. The highest BCUT2D eigenvalue weighted by molar-refractivity contribution is 6.31. The Balaban J connectivity index is 1.97. The van der Waals surface area contributed by atoms with Gasteiger partial charge in [0.05, 0.1) is 23.6 Å². The van der Waals surface area contributed by atoms with Crippen molar-refractivity contribution >= 4 is 35.1 Å². The van der Waals surface area contributed by atoms with Gasteiger partial charge >= 0.3 is 12.1 Å². The summed E-state index contributed by atoms with van der Waals surface area (Å²) in [6.45, 7) is 2.94. The largest absolute Gasteiger partial charge is 0.463 e. The van der Waals surface area contributed by atoms with Gasteiger partial charge in [-0.1, -0.05) is 23.2 Å². The van der Waals surface area contributed by atoms with Crippen LogP contribution < -0.4 is 5.32 Å². The van der Waals surface area contributed by atoms with Crippen molar-refractivity contribution in [3.63, 3.8) is 0 Å². The summed E-state index contributed by atoms with van der Waals surface area (Å²) in [5, 5.41) is 11.0. The summed E-state index contributed by atoms with van der Waals surface area (Å²) in [6, 6.07) is 5.16. The fourth-order valence-electron chi connectivity index (χ4n) is 3.45. The minimum absolute atomic E-state index is 0.00138. The molecule has 0 radical (unpaired) electrons. The van der Waals surface area contributed by atoms with E-state index >= 15 is 0 Å². The molecule has 0 fully saturated rings. The van der Waals surface area contributed by atoms with Crippen LogP contribution in [0.5, 0.6) is 0 Å². The third-order valence-electron chi connectivity index (χ3n) is 4.77. The normalized spacial score (nSPS) is 16.0. The van der Waals surface area contributed by atoms with E-state index in [-0.39, 0.29) is 23.3 Å². The maximum absolute atomic E-state index is 13.9. The number of allylic oxidation sites excluding steroid dienone is 1. The second-order valence-electron chi connectivity index (χ2n) is 6.74. The number of esters is 1. The highest BCUT2D eigenvalue weighted by atomic mass is 35.5. The third kappa shape index (κ3) is 3.71. The van der Waals surface area contributed by atoms with Gasteiger partial charge in [0.1, 0.15) is 23.2 Å². The predicted octanol–water partition coefficient (Wildman–Crippen LogP) is 4.47. The first-order valence-corrected chi connectivity index (χ1v) is 10.0. The number of halogens is 5. The fourth-order valence-corrected chi connectivity index (χ4v) is 3.96.